The van der Waals surface area contributed by atoms with Crippen LogP contribution in [0.3, 0.4) is 0 Å². The van der Waals surface area contributed by atoms with E-state index in [2.05, 4.69) is 16.6 Å². The van der Waals surface area contributed by atoms with Gasteiger partial charge < -0.3 is 9.64 Å². The smallest absolute Gasteiger partial charge is 0.280 e. The first-order valence-electron chi connectivity index (χ1n) is 8.20. The van der Waals surface area contributed by atoms with Crippen molar-refractivity contribution >= 4 is 17.8 Å². The Morgan fingerprint density at radius 1 is 1.12 bits per heavy atom. The lowest BCUT2D eigenvalue weighted by Crippen LogP contribution is -2.33. The first-order valence-corrected chi connectivity index (χ1v) is 8.20. The lowest BCUT2D eigenvalue weighted by atomic mass is 10.1. The van der Waals surface area contributed by atoms with Gasteiger partial charge in [-0.2, -0.15) is 5.10 Å². The summed E-state index contributed by atoms with van der Waals surface area (Å²) < 4.78 is 5.69. The Balaban J connectivity index is 1.90. The molecule has 0 aromatic heterocycles. The molecule has 0 fully saturated rings. The molecule has 0 radical (unpaired) electrons. The highest BCUT2D eigenvalue weighted by molar-refractivity contribution is 5.84. The van der Waals surface area contributed by atoms with E-state index in [1.807, 2.05) is 69.2 Å². The molecular weight excluding hydrogens is 314 g/mol. The van der Waals surface area contributed by atoms with Crippen LogP contribution in [-0.4, -0.2) is 32.3 Å². The van der Waals surface area contributed by atoms with Crippen LogP contribution in [0.15, 0.2) is 47.6 Å². The van der Waals surface area contributed by atoms with Crippen LogP contribution in [0.1, 0.15) is 23.6 Å². The molecule has 2 aromatic carbocycles. The predicted molar refractivity (Wildman–Crippen MR) is 103 cm³/mol. The van der Waals surface area contributed by atoms with Gasteiger partial charge in [0.25, 0.3) is 5.91 Å². The number of carbonyl (C=O) groups excluding carboxylic acids is 1. The van der Waals surface area contributed by atoms with E-state index in [-0.39, 0.29) is 5.91 Å². The molecule has 5 heteroatoms. The number of carbonyl (C=O) groups is 1. The number of benzene rings is 2. The summed E-state index contributed by atoms with van der Waals surface area (Å²) in [4.78, 5) is 14.1. The first kappa shape index (κ1) is 18.5. The molecule has 0 aliphatic rings. The van der Waals surface area contributed by atoms with E-state index in [0.717, 1.165) is 22.4 Å². The van der Waals surface area contributed by atoms with Gasteiger partial charge in [-0.3, -0.25) is 4.79 Å². The van der Waals surface area contributed by atoms with Gasteiger partial charge in [-0.05, 0) is 61.7 Å². The SMILES string of the molecule is Cc1cc(C)cc(OC(C)C(=O)N/N=C/c2ccc(N(C)C)cc2)c1. The second kappa shape index (κ2) is 8.33. The number of hydrazone groups is 1. The van der Waals surface area contributed by atoms with Crippen LogP contribution in [0.4, 0.5) is 5.69 Å². The van der Waals surface area contributed by atoms with E-state index >= 15 is 0 Å². The van der Waals surface area contributed by atoms with Gasteiger partial charge in [0, 0.05) is 19.8 Å². The summed E-state index contributed by atoms with van der Waals surface area (Å²) >= 11 is 0. The third-order valence-corrected chi connectivity index (χ3v) is 3.68. The largest absolute Gasteiger partial charge is 0.481 e. The summed E-state index contributed by atoms with van der Waals surface area (Å²) in [5.41, 5.74) is 6.73. The number of nitrogens with zero attached hydrogens (tertiary/aromatic N) is 2. The van der Waals surface area contributed by atoms with E-state index in [9.17, 15) is 4.79 Å². The van der Waals surface area contributed by atoms with E-state index in [1.165, 1.54) is 0 Å². The fourth-order valence-electron chi connectivity index (χ4n) is 2.38. The maximum absolute atomic E-state index is 12.1. The minimum atomic E-state index is -0.630. The topological polar surface area (TPSA) is 53.9 Å². The summed E-state index contributed by atoms with van der Waals surface area (Å²) in [7, 11) is 3.97. The molecule has 0 aliphatic heterocycles. The number of rotatable bonds is 6. The molecule has 0 bridgehead atoms. The number of hydrogen-bond donors (Lipinski definition) is 1. The lowest BCUT2D eigenvalue weighted by molar-refractivity contribution is -0.127. The van der Waals surface area contributed by atoms with Gasteiger partial charge in [0.1, 0.15) is 5.75 Å². The zero-order chi connectivity index (χ0) is 18.4. The monoisotopic (exact) mass is 339 g/mol. The molecule has 2 aromatic rings. The number of aryl methyl sites for hydroxylation is 2. The van der Waals surface area contributed by atoms with Crippen molar-refractivity contribution in [2.45, 2.75) is 26.9 Å². The summed E-state index contributed by atoms with van der Waals surface area (Å²) in [5, 5.41) is 4.00. The van der Waals surface area contributed by atoms with Crippen LogP contribution in [0.25, 0.3) is 0 Å². The van der Waals surface area contributed by atoms with E-state index in [0.29, 0.717) is 5.75 Å². The van der Waals surface area contributed by atoms with Gasteiger partial charge in [-0.15, -0.1) is 0 Å². The van der Waals surface area contributed by atoms with Crippen LogP contribution in [-0.2, 0) is 4.79 Å². The maximum atomic E-state index is 12.1. The van der Waals surface area contributed by atoms with Gasteiger partial charge in [0.05, 0.1) is 6.21 Å². The Bertz CT molecular complexity index is 732. The second-order valence-electron chi connectivity index (χ2n) is 6.30. The Hall–Kier alpha value is -2.82. The Morgan fingerprint density at radius 2 is 1.72 bits per heavy atom. The van der Waals surface area contributed by atoms with Crippen LogP contribution in [0.5, 0.6) is 5.75 Å². The highest BCUT2D eigenvalue weighted by atomic mass is 16.5. The molecule has 0 saturated carbocycles. The minimum Gasteiger partial charge on any atom is -0.481 e. The maximum Gasteiger partial charge on any atom is 0.280 e. The summed E-state index contributed by atoms with van der Waals surface area (Å²) in [6.45, 7) is 5.70. The molecule has 1 amide bonds. The van der Waals surface area contributed by atoms with E-state index in [4.69, 9.17) is 4.74 Å². The van der Waals surface area contributed by atoms with Crippen LogP contribution < -0.4 is 15.1 Å². The second-order valence-corrected chi connectivity index (χ2v) is 6.30. The quantitative estimate of drug-likeness (QED) is 0.649. The predicted octanol–water partition coefficient (Wildman–Crippen LogP) is 3.29. The van der Waals surface area contributed by atoms with Crippen LogP contribution in [0.2, 0.25) is 0 Å². The van der Waals surface area contributed by atoms with E-state index < -0.39 is 6.10 Å². The number of ether oxygens (including phenoxy) is 1. The molecule has 2 rings (SSSR count). The highest BCUT2D eigenvalue weighted by Crippen LogP contribution is 2.17. The lowest BCUT2D eigenvalue weighted by Gasteiger charge is -2.14. The van der Waals surface area contributed by atoms with Crippen LogP contribution >= 0.6 is 0 Å². The van der Waals surface area contributed by atoms with E-state index in [1.54, 1.807) is 13.1 Å². The molecule has 0 aliphatic carbocycles. The number of hydrogen-bond acceptors (Lipinski definition) is 4. The van der Waals surface area contributed by atoms with Gasteiger partial charge >= 0.3 is 0 Å². The number of amides is 1. The molecule has 1 unspecified atom stereocenters. The third-order valence-electron chi connectivity index (χ3n) is 3.68. The summed E-state index contributed by atoms with van der Waals surface area (Å²) in [6, 6.07) is 13.8. The molecule has 5 nitrogen and oxygen atoms in total. The average Bonchev–Trinajstić information content (AvgIpc) is 2.54. The van der Waals surface area contributed by atoms with Crippen molar-refractivity contribution in [1.82, 2.24) is 5.43 Å². The third kappa shape index (κ3) is 5.64. The van der Waals surface area contributed by atoms with Gasteiger partial charge in [0.2, 0.25) is 0 Å². The Morgan fingerprint density at radius 3 is 2.28 bits per heavy atom. The van der Waals surface area contributed by atoms with Gasteiger partial charge in [-0.25, -0.2) is 5.43 Å². The van der Waals surface area contributed by atoms with Crippen molar-refractivity contribution in [3.05, 3.63) is 59.2 Å². The summed E-state index contributed by atoms with van der Waals surface area (Å²) in [6.07, 6.45) is 0.982. The van der Waals surface area contributed by atoms with Gasteiger partial charge in [-0.1, -0.05) is 18.2 Å². The number of nitrogens with one attached hydrogen (secondary N) is 1. The van der Waals surface area contributed by atoms with Crippen LogP contribution in [0, 0.1) is 13.8 Å². The fraction of sp³-hybridized carbons (Fsp3) is 0.300. The fourth-order valence-corrected chi connectivity index (χ4v) is 2.38. The zero-order valence-corrected chi connectivity index (χ0v) is 15.4. The first-order chi connectivity index (χ1) is 11.8. The van der Waals surface area contributed by atoms with Crippen molar-refractivity contribution in [3.8, 4) is 5.75 Å². The molecule has 1 atom stereocenters. The molecule has 1 N–H and O–H groups in total. The molecule has 25 heavy (non-hydrogen) atoms. The standard InChI is InChI=1S/C20H25N3O2/c1-14-10-15(2)12-19(11-14)25-16(3)20(24)22-21-13-17-6-8-18(9-7-17)23(4)5/h6-13,16H,1-5H3,(H,22,24)/b21-13+. The van der Waals surface area contributed by atoms with Crippen molar-refractivity contribution in [3.63, 3.8) is 0 Å². The van der Waals surface area contributed by atoms with Crippen molar-refractivity contribution < 1.29 is 9.53 Å². The van der Waals surface area contributed by atoms with Crippen molar-refractivity contribution in [2.75, 3.05) is 19.0 Å². The Labute approximate surface area is 149 Å². The molecule has 0 saturated heterocycles. The Kier molecular flexibility index (Phi) is 6.17. The molecule has 132 valence electrons. The normalized spacial score (nSPS) is 12.0. The number of anilines is 1. The molecule has 0 spiro atoms. The van der Waals surface area contributed by atoms with Crippen molar-refractivity contribution in [1.29, 1.82) is 0 Å². The minimum absolute atomic E-state index is 0.291. The summed E-state index contributed by atoms with van der Waals surface area (Å²) in [5.74, 6) is 0.392. The average molecular weight is 339 g/mol. The zero-order valence-electron chi connectivity index (χ0n) is 15.4. The van der Waals surface area contributed by atoms with Crippen molar-refractivity contribution in [2.24, 2.45) is 5.10 Å². The van der Waals surface area contributed by atoms with Gasteiger partial charge in [0.15, 0.2) is 6.10 Å². The molecular formula is C20H25N3O2. The highest BCUT2D eigenvalue weighted by Gasteiger charge is 2.14. The molecule has 0 heterocycles.